The fourth-order valence-corrected chi connectivity index (χ4v) is 2.94. The second kappa shape index (κ2) is 6.58. The second-order valence-electron chi connectivity index (χ2n) is 5.87. The van der Waals surface area contributed by atoms with Gasteiger partial charge in [-0.05, 0) is 37.0 Å². The third-order valence-electron chi connectivity index (χ3n) is 3.00. The molecule has 1 N–H and O–H groups in total. The lowest BCUT2D eigenvalue weighted by Gasteiger charge is -2.19. The van der Waals surface area contributed by atoms with Crippen LogP contribution in [-0.4, -0.2) is 27.0 Å². The average Bonchev–Trinajstić information content (AvgIpc) is 2.37. The van der Waals surface area contributed by atoms with Crippen LogP contribution in [0.5, 0.6) is 0 Å². The Kier molecular flexibility index (Phi) is 5.53. The van der Waals surface area contributed by atoms with Gasteiger partial charge in [0.05, 0.1) is 11.5 Å². The highest BCUT2D eigenvalue weighted by Crippen LogP contribution is 2.23. The van der Waals surface area contributed by atoms with Gasteiger partial charge in [0.2, 0.25) is 10.0 Å². The molecule has 21 heavy (non-hydrogen) atoms. The predicted molar refractivity (Wildman–Crippen MR) is 81.6 cm³/mol. The molecule has 0 aliphatic heterocycles. The lowest BCUT2D eigenvalue weighted by molar-refractivity contribution is -0.144. The molecule has 0 aromatic heterocycles. The molecule has 1 atom stereocenters. The van der Waals surface area contributed by atoms with Crippen molar-refractivity contribution in [3.8, 4) is 0 Å². The van der Waals surface area contributed by atoms with E-state index in [1.54, 1.807) is 31.2 Å². The van der Waals surface area contributed by atoms with E-state index in [2.05, 4.69) is 25.5 Å². The molecule has 0 spiro atoms. The fourth-order valence-electron chi connectivity index (χ4n) is 1.75. The van der Waals surface area contributed by atoms with Crippen LogP contribution >= 0.6 is 0 Å². The largest absolute Gasteiger partial charge is 0.465 e. The maximum Gasteiger partial charge on any atom is 0.323 e. The number of hydrogen-bond donors (Lipinski definition) is 1. The molecule has 0 heterocycles. The number of rotatable bonds is 5. The maximum absolute atomic E-state index is 12.2. The van der Waals surface area contributed by atoms with Crippen molar-refractivity contribution in [2.24, 2.45) is 0 Å². The fraction of sp³-hybridized carbons (Fsp3) is 0.533. The van der Waals surface area contributed by atoms with E-state index in [0.29, 0.717) is 0 Å². The SMILES string of the molecule is CCOC(=O)C(C)NS(=O)(=O)c1ccc(C(C)(C)C)cc1. The number of nitrogens with one attached hydrogen (secondary N) is 1. The van der Waals surface area contributed by atoms with Crippen LogP contribution in [0.4, 0.5) is 0 Å². The zero-order chi connectivity index (χ0) is 16.3. The van der Waals surface area contributed by atoms with Gasteiger partial charge in [0.15, 0.2) is 0 Å². The quantitative estimate of drug-likeness (QED) is 0.846. The highest BCUT2D eigenvalue weighted by molar-refractivity contribution is 7.89. The van der Waals surface area contributed by atoms with Crippen LogP contribution in [0.1, 0.15) is 40.2 Å². The molecule has 6 heteroatoms. The predicted octanol–water partition coefficient (Wildman–Crippen LogP) is 2.21. The molecule has 1 aromatic carbocycles. The van der Waals surface area contributed by atoms with Gasteiger partial charge in [-0.25, -0.2) is 8.42 Å². The van der Waals surface area contributed by atoms with Crippen molar-refractivity contribution in [2.75, 3.05) is 6.61 Å². The van der Waals surface area contributed by atoms with Crippen LogP contribution in [0.15, 0.2) is 29.2 Å². The van der Waals surface area contributed by atoms with Gasteiger partial charge < -0.3 is 4.74 Å². The Hall–Kier alpha value is -1.40. The van der Waals surface area contributed by atoms with E-state index in [0.717, 1.165) is 5.56 Å². The van der Waals surface area contributed by atoms with E-state index < -0.39 is 22.0 Å². The van der Waals surface area contributed by atoms with E-state index in [1.807, 2.05) is 0 Å². The van der Waals surface area contributed by atoms with Crippen molar-refractivity contribution in [3.63, 3.8) is 0 Å². The lowest BCUT2D eigenvalue weighted by Crippen LogP contribution is -2.39. The Labute approximate surface area is 126 Å². The van der Waals surface area contributed by atoms with Crippen LogP contribution < -0.4 is 4.72 Å². The minimum Gasteiger partial charge on any atom is -0.465 e. The number of sulfonamides is 1. The van der Waals surface area contributed by atoms with Gasteiger partial charge in [0.1, 0.15) is 6.04 Å². The Morgan fingerprint density at radius 2 is 1.76 bits per heavy atom. The van der Waals surface area contributed by atoms with Crippen molar-refractivity contribution in [2.45, 2.75) is 51.0 Å². The molecule has 0 saturated carbocycles. The number of esters is 1. The van der Waals surface area contributed by atoms with Crippen molar-refractivity contribution in [1.29, 1.82) is 0 Å². The van der Waals surface area contributed by atoms with E-state index in [1.165, 1.54) is 6.92 Å². The molecule has 0 radical (unpaired) electrons. The molecule has 0 saturated heterocycles. The normalized spacial score (nSPS) is 13.8. The van der Waals surface area contributed by atoms with Crippen LogP contribution in [0.25, 0.3) is 0 Å². The summed E-state index contributed by atoms with van der Waals surface area (Å²) in [6.45, 7) is 9.50. The van der Waals surface area contributed by atoms with Crippen molar-refractivity contribution in [3.05, 3.63) is 29.8 Å². The van der Waals surface area contributed by atoms with E-state index in [4.69, 9.17) is 4.74 Å². The van der Waals surface area contributed by atoms with Gasteiger partial charge >= 0.3 is 5.97 Å². The van der Waals surface area contributed by atoms with Gasteiger partial charge in [-0.2, -0.15) is 4.72 Å². The van der Waals surface area contributed by atoms with Crippen LogP contribution in [-0.2, 0) is 25.0 Å². The summed E-state index contributed by atoms with van der Waals surface area (Å²) < 4.78 is 31.5. The monoisotopic (exact) mass is 313 g/mol. The summed E-state index contributed by atoms with van der Waals surface area (Å²) in [4.78, 5) is 11.6. The zero-order valence-electron chi connectivity index (χ0n) is 13.1. The van der Waals surface area contributed by atoms with Gasteiger partial charge in [-0.1, -0.05) is 32.9 Å². The summed E-state index contributed by atoms with van der Waals surface area (Å²) in [5.74, 6) is -0.590. The molecule has 0 bridgehead atoms. The number of benzene rings is 1. The number of carbonyl (C=O) groups excluding carboxylic acids is 1. The maximum atomic E-state index is 12.2. The van der Waals surface area contributed by atoms with E-state index >= 15 is 0 Å². The van der Waals surface area contributed by atoms with Gasteiger partial charge in [0.25, 0.3) is 0 Å². The summed E-state index contributed by atoms with van der Waals surface area (Å²) in [7, 11) is -3.74. The molecule has 1 aromatic rings. The first kappa shape index (κ1) is 17.7. The second-order valence-corrected chi connectivity index (χ2v) is 7.58. The zero-order valence-corrected chi connectivity index (χ0v) is 14.0. The molecule has 0 aliphatic rings. The third-order valence-corrected chi connectivity index (χ3v) is 4.56. The standard InChI is InChI=1S/C15H23NO4S/c1-6-20-14(17)11(2)16-21(18,19)13-9-7-12(8-10-13)15(3,4)5/h7-11,16H,6H2,1-5H3. The van der Waals surface area contributed by atoms with Crippen molar-refractivity contribution < 1.29 is 17.9 Å². The average molecular weight is 313 g/mol. The topological polar surface area (TPSA) is 72.5 Å². The van der Waals surface area contributed by atoms with Crippen molar-refractivity contribution in [1.82, 2.24) is 4.72 Å². The smallest absolute Gasteiger partial charge is 0.323 e. The molecular weight excluding hydrogens is 290 g/mol. The lowest BCUT2D eigenvalue weighted by atomic mass is 9.87. The van der Waals surface area contributed by atoms with Crippen LogP contribution in [0, 0.1) is 0 Å². The van der Waals surface area contributed by atoms with Crippen molar-refractivity contribution >= 4 is 16.0 Å². The van der Waals surface area contributed by atoms with Gasteiger partial charge in [0, 0.05) is 0 Å². The minimum absolute atomic E-state index is 0.0477. The Morgan fingerprint density at radius 3 is 2.19 bits per heavy atom. The molecule has 0 aliphatic carbocycles. The summed E-state index contributed by atoms with van der Waals surface area (Å²) in [5.41, 5.74) is 0.994. The third kappa shape index (κ3) is 4.82. The summed E-state index contributed by atoms with van der Waals surface area (Å²) >= 11 is 0. The summed E-state index contributed by atoms with van der Waals surface area (Å²) in [6, 6.07) is 5.73. The molecule has 5 nitrogen and oxygen atoms in total. The Morgan fingerprint density at radius 1 is 1.24 bits per heavy atom. The minimum atomic E-state index is -3.74. The summed E-state index contributed by atoms with van der Waals surface area (Å²) in [6.07, 6.45) is 0. The first-order valence-corrected chi connectivity index (χ1v) is 8.35. The molecular formula is C15H23NO4S. The number of ether oxygens (including phenoxy) is 1. The van der Waals surface area contributed by atoms with Crippen LogP contribution in [0.2, 0.25) is 0 Å². The molecule has 1 unspecified atom stereocenters. The first-order chi connectivity index (χ1) is 9.58. The van der Waals surface area contributed by atoms with E-state index in [-0.39, 0.29) is 16.9 Å². The molecule has 1 rings (SSSR count). The number of hydrogen-bond acceptors (Lipinski definition) is 4. The highest BCUT2D eigenvalue weighted by Gasteiger charge is 2.23. The van der Waals surface area contributed by atoms with E-state index in [9.17, 15) is 13.2 Å². The molecule has 0 fully saturated rings. The van der Waals surface area contributed by atoms with Crippen LogP contribution in [0.3, 0.4) is 0 Å². The summed E-state index contributed by atoms with van der Waals surface area (Å²) in [5, 5.41) is 0. The first-order valence-electron chi connectivity index (χ1n) is 6.87. The van der Waals surface area contributed by atoms with Gasteiger partial charge in [-0.3, -0.25) is 4.79 Å². The highest BCUT2D eigenvalue weighted by atomic mass is 32.2. The van der Waals surface area contributed by atoms with Gasteiger partial charge in [-0.15, -0.1) is 0 Å². The Balaban J connectivity index is 2.91. The Bertz CT molecular complexity index is 585. The molecule has 118 valence electrons. The molecule has 0 amide bonds. The number of carbonyl (C=O) groups is 1.